The van der Waals surface area contributed by atoms with Gasteiger partial charge in [-0.15, -0.1) is 11.3 Å². The Bertz CT molecular complexity index is 864. The highest BCUT2D eigenvalue weighted by Gasteiger charge is 2.35. The van der Waals surface area contributed by atoms with E-state index in [2.05, 4.69) is 35.1 Å². The first-order chi connectivity index (χ1) is 12.9. The summed E-state index contributed by atoms with van der Waals surface area (Å²) in [7, 11) is 0. The van der Waals surface area contributed by atoms with Gasteiger partial charge in [-0.3, -0.25) is 19.3 Å². The lowest BCUT2D eigenvalue weighted by Gasteiger charge is -2.20. The number of hydrogen-bond acceptors (Lipinski definition) is 4. The fraction of sp³-hybridized carbons (Fsp3) is 0.350. The highest BCUT2D eigenvalue weighted by Crippen LogP contribution is 2.27. The smallest absolute Gasteiger partial charge is 0.261 e. The number of amides is 3. The molecule has 0 radical (unpaired) electrons. The Morgan fingerprint density at radius 3 is 2.59 bits per heavy atom. The number of hydrogen-bond donors (Lipinski definition) is 1. The summed E-state index contributed by atoms with van der Waals surface area (Å²) >= 11 is 4.93. The molecule has 0 fully saturated rings. The summed E-state index contributed by atoms with van der Waals surface area (Å²) < 4.78 is 0.745. The third kappa shape index (κ3) is 4.47. The molecule has 1 aromatic carbocycles. The van der Waals surface area contributed by atoms with Crippen molar-refractivity contribution in [3.63, 3.8) is 0 Å². The first-order valence-corrected chi connectivity index (χ1v) is 10.5. The van der Waals surface area contributed by atoms with E-state index in [4.69, 9.17) is 0 Å². The molecule has 1 N–H and O–H groups in total. The van der Waals surface area contributed by atoms with Gasteiger partial charge >= 0.3 is 0 Å². The number of halogens is 1. The minimum absolute atomic E-state index is 0.0457. The summed E-state index contributed by atoms with van der Waals surface area (Å²) in [6.45, 7) is 4.31. The van der Waals surface area contributed by atoms with Crippen molar-refractivity contribution in [2.75, 3.05) is 6.54 Å². The molecule has 0 spiro atoms. The molecule has 3 amide bonds. The Morgan fingerprint density at radius 1 is 1.19 bits per heavy atom. The number of carbonyl (C=O) groups is 3. The van der Waals surface area contributed by atoms with Gasteiger partial charge in [-0.25, -0.2) is 0 Å². The first-order valence-electron chi connectivity index (χ1n) is 8.85. The maximum Gasteiger partial charge on any atom is 0.261 e. The number of nitrogens with zero attached hydrogens (tertiary/aromatic N) is 1. The topological polar surface area (TPSA) is 66.5 Å². The van der Waals surface area contributed by atoms with Gasteiger partial charge in [0, 0.05) is 22.3 Å². The van der Waals surface area contributed by atoms with Crippen molar-refractivity contribution in [2.24, 2.45) is 5.92 Å². The quantitative estimate of drug-likeness (QED) is 0.638. The van der Waals surface area contributed by atoms with Crippen LogP contribution in [0.3, 0.4) is 0 Å². The van der Waals surface area contributed by atoms with E-state index in [1.165, 1.54) is 0 Å². The predicted molar refractivity (Wildman–Crippen MR) is 109 cm³/mol. The maximum atomic E-state index is 12.5. The molecule has 1 unspecified atom stereocenters. The van der Waals surface area contributed by atoms with Crippen molar-refractivity contribution in [3.05, 3.63) is 56.2 Å². The Labute approximate surface area is 170 Å². The lowest BCUT2D eigenvalue weighted by Crippen LogP contribution is -2.35. The maximum absolute atomic E-state index is 12.5. The van der Waals surface area contributed by atoms with Crippen molar-refractivity contribution < 1.29 is 14.4 Å². The zero-order chi connectivity index (χ0) is 19.6. The molecule has 142 valence electrons. The summed E-state index contributed by atoms with van der Waals surface area (Å²) in [6.07, 6.45) is 0.930. The molecule has 3 rings (SSSR count). The van der Waals surface area contributed by atoms with E-state index in [9.17, 15) is 14.4 Å². The molecule has 5 nitrogen and oxygen atoms in total. The van der Waals surface area contributed by atoms with Gasteiger partial charge in [-0.05, 0) is 42.0 Å². The Morgan fingerprint density at radius 2 is 1.93 bits per heavy atom. The lowest BCUT2D eigenvalue weighted by atomic mass is 10.0. The van der Waals surface area contributed by atoms with Crippen molar-refractivity contribution in [2.45, 2.75) is 32.7 Å². The van der Waals surface area contributed by atoms with Crippen LogP contribution in [0.15, 0.2) is 40.2 Å². The SMILES string of the molecule is CC(C)CC(NC(=O)CCN1C(=O)c2ccc(Br)cc2C1=O)c1cccs1. The zero-order valence-electron chi connectivity index (χ0n) is 15.2. The number of carbonyl (C=O) groups excluding carboxylic acids is 3. The Kier molecular flexibility index (Phi) is 6.11. The predicted octanol–water partition coefficient (Wildman–Crippen LogP) is 4.40. The van der Waals surface area contributed by atoms with Gasteiger partial charge in [0.25, 0.3) is 11.8 Å². The van der Waals surface area contributed by atoms with Crippen LogP contribution in [0, 0.1) is 5.92 Å². The molecular formula is C20H21BrN2O3S. The second kappa shape index (κ2) is 8.35. The van der Waals surface area contributed by atoms with E-state index in [1.54, 1.807) is 29.5 Å². The highest BCUT2D eigenvalue weighted by atomic mass is 79.9. The van der Waals surface area contributed by atoms with E-state index in [-0.39, 0.29) is 36.7 Å². The third-order valence-corrected chi connectivity index (χ3v) is 5.90. The van der Waals surface area contributed by atoms with Gasteiger partial charge in [-0.2, -0.15) is 0 Å². The molecule has 0 saturated heterocycles. The van der Waals surface area contributed by atoms with Crippen LogP contribution in [0.2, 0.25) is 0 Å². The average Bonchev–Trinajstić information content (AvgIpc) is 3.21. The van der Waals surface area contributed by atoms with Crippen molar-refractivity contribution in [1.29, 1.82) is 0 Å². The number of rotatable bonds is 7. The second-order valence-corrected chi connectivity index (χ2v) is 8.86. The first kappa shape index (κ1) is 19.8. The largest absolute Gasteiger partial charge is 0.348 e. The van der Waals surface area contributed by atoms with E-state index in [1.807, 2.05) is 17.5 Å². The molecule has 1 aliphatic heterocycles. The Balaban J connectivity index is 1.62. The standard InChI is InChI=1S/C20H21BrN2O3S/c1-12(2)10-16(17-4-3-9-27-17)22-18(24)7-8-23-19(25)14-6-5-13(21)11-15(14)20(23)26/h3-6,9,11-12,16H,7-8,10H2,1-2H3,(H,22,24). The van der Waals surface area contributed by atoms with Gasteiger partial charge in [0.05, 0.1) is 17.2 Å². The van der Waals surface area contributed by atoms with Gasteiger partial charge in [-0.1, -0.05) is 35.8 Å². The molecule has 0 saturated carbocycles. The molecule has 1 atom stereocenters. The van der Waals surface area contributed by atoms with Crippen LogP contribution in [0.25, 0.3) is 0 Å². The summed E-state index contributed by atoms with van der Waals surface area (Å²) in [6, 6.07) is 8.95. The zero-order valence-corrected chi connectivity index (χ0v) is 17.6. The minimum atomic E-state index is -0.346. The van der Waals surface area contributed by atoms with E-state index < -0.39 is 0 Å². The van der Waals surface area contributed by atoms with Gasteiger partial charge in [0.15, 0.2) is 0 Å². The summed E-state index contributed by atoms with van der Waals surface area (Å²) in [4.78, 5) is 39.7. The van der Waals surface area contributed by atoms with Crippen LogP contribution in [-0.4, -0.2) is 29.2 Å². The average molecular weight is 449 g/mol. The van der Waals surface area contributed by atoms with Crippen molar-refractivity contribution in [3.8, 4) is 0 Å². The van der Waals surface area contributed by atoms with Crippen LogP contribution in [-0.2, 0) is 4.79 Å². The number of nitrogens with one attached hydrogen (secondary N) is 1. The molecule has 1 aromatic heterocycles. The summed E-state index contributed by atoms with van der Waals surface area (Å²) in [5.74, 6) is -0.410. The van der Waals surface area contributed by atoms with Gasteiger partial charge in [0.1, 0.15) is 0 Å². The van der Waals surface area contributed by atoms with Crippen LogP contribution in [0.5, 0.6) is 0 Å². The van der Waals surface area contributed by atoms with Gasteiger partial charge in [0.2, 0.25) is 5.91 Å². The van der Waals surface area contributed by atoms with Crippen LogP contribution < -0.4 is 5.32 Å². The molecule has 0 bridgehead atoms. The van der Waals surface area contributed by atoms with Crippen molar-refractivity contribution >= 4 is 45.0 Å². The monoisotopic (exact) mass is 448 g/mol. The Hall–Kier alpha value is -1.99. The lowest BCUT2D eigenvalue weighted by molar-refractivity contribution is -0.122. The van der Waals surface area contributed by atoms with E-state index in [0.717, 1.165) is 20.7 Å². The molecule has 1 aliphatic rings. The fourth-order valence-corrected chi connectivity index (χ4v) is 4.30. The van der Waals surface area contributed by atoms with Crippen LogP contribution >= 0.6 is 27.3 Å². The number of thiophene rings is 1. The highest BCUT2D eigenvalue weighted by molar-refractivity contribution is 9.10. The number of benzene rings is 1. The normalized spacial score (nSPS) is 14.6. The minimum Gasteiger partial charge on any atom is -0.348 e. The van der Waals surface area contributed by atoms with Gasteiger partial charge < -0.3 is 5.32 Å². The number of fused-ring (bicyclic) bond motifs is 1. The van der Waals surface area contributed by atoms with Crippen LogP contribution in [0.4, 0.5) is 0 Å². The summed E-state index contributed by atoms with van der Waals surface area (Å²) in [5, 5.41) is 5.04. The van der Waals surface area contributed by atoms with E-state index in [0.29, 0.717) is 17.0 Å². The second-order valence-electron chi connectivity index (χ2n) is 6.97. The molecule has 0 aliphatic carbocycles. The third-order valence-electron chi connectivity index (χ3n) is 4.42. The molecular weight excluding hydrogens is 428 g/mol. The fourth-order valence-electron chi connectivity index (χ4n) is 3.15. The van der Waals surface area contributed by atoms with E-state index >= 15 is 0 Å². The molecule has 7 heteroatoms. The van der Waals surface area contributed by atoms with Crippen molar-refractivity contribution in [1.82, 2.24) is 10.2 Å². The molecule has 2 aromatic rings. The molecule has 2 heterocycles. The number of imide groups is 1. The summed E-state index contributed by atoms with van der Waals surface area (Å²) in [5.41, 5.74) is 0.769. The van der Waals surface area contributed by atoms with Crippen LogP contribution in [0.1, 0.15) is 58.3 Å². The molecule has 27 heavy (non-hydrogen) atoms.